The summed E-state index contributed by atoms with van der Waals surface area (Å²) >= 11 is 7.44. The molecule has 0 aliphatic heterocycles. The van der Waals surface area contributed by atoms with Gasteiger partial charge in [-0.25, -0.2) is 9.97 Å². The summed E-state index contributed by atoms with van der Waals surface area (Å²) < 4.78 is 2.28. The molecule has 4 rings (SSSR count). The van der Waals surface area contributed by atoms with Crippen molar-refractivity contribution in [2.24, 2.45) is 5.73 Å². The number of benzene rings is 1. The van der Waals surface area contributed by atoms with Crippen LogP contribution in [0.1, 0.15) is 10.6 Å². The molecule has 118 valence electrons. The third-order valence-corrected chi connectivity index (χ3v) is 4.84. The number of hydrogen-bond donors (Lipinski definition) is 1. The molecule has 9 heteroatoms. The van der Waals surface area contributed by atoms with Gasteiger partial charge in [-0.3, -0.25) is 9.36 Å². The van der Waals surface area contributed by atoms with Gasteiger partial charge in [0.15, 0.2) is 5.82 Å². The first-order valence-electron chi connectivity index (χ1n) is 6.84. The van der Waals surface area contributed by atoms with Crippen LogP contribution in [0.2, 0.25) is 5.02 Å². The third kappa shape index (κ3) is 2.41. The van der Waals surface area contributed by atoms with E-state index in [4.69, 9.17) is 17.3 Å². The van der Waals surface area contributed by atoms with Gasteiger partial charge in [0.2, 0.25) is 5.82 Å². The maximum Gasteiger partial charge on any atom is 0.287 e. The molecule has 0 saturated carbocycles. The number of nitrogens with zero attached hydrogens (tertiary/aromatic N) is 5. The molecule has 0 bridgehead atoms. The van der Waals surface area contributed by atoms with Crippen LogP contribution < -0.4 is 5.73 Å². The normalized spacial score (nSPS) is 11.0. The van der Waals surface area contributed by atoms with Crippen LogP contribution >= 0.6 is 22.9 Å². The molecule has 24 heavy (non-hydrogen) atoms. The summed E-state index contributed by atoms with van der Waals surface area (Å²) in [5, 5.41) is 8.16. The van der Waals surface area contributed by atoms with Crippen molar-refractivity contribution in [2.45, 2.75) is 0 Å². The van der Waals surface area contributed by atoms with Crippen LogP contribution in [0.4, 0.5) is 0 Å². The zero-order valence-corrected chi connectivity index (χ0v) is 13.6. The first kappa shape index (κ1) is 14.7. The molecule has 0 fully saturated rings. The van der Waals surface area contributed by atoms with Crippen molar-refractivity contribution >= 4 is 39.1 Å². The Morgan fingerprint density at radius 1 is 1.21 bits per heavy atom. The topological polar surface area (TPSA) is 99.6 Å². The van der Waals surface area contributed by atoms with Crippen LogP contribution in [0.15, 0.2) is 43.0 Å². The van der Waals surface area contributed by atoms with Crippen LogP contribution in [-0.4, -0.2) is 30.6 Å². The number of aromatic nitrogens is 5. The molecule has 0 atom stereocenters. The Labute approximate surface area is 144 Å². The summed E-state index contributed by atoms with van der Waals surface area (Å²) in [5.41, 5.74) is 7.12. The molecule has 1 aromatic carbocycles. The van der Waals surface area contributed by atoms with Crippen molar-refractivity contribution in [3.8, 4) is 16.3 Å². The van der Waals surface area contributed by atoms with Gasteiger partial charge >= 0.3 is 0 Å². The van der Waals surface area contributed by atoms with E-state index < -0.39 is 5.91 Å². The Bertz CT molecular complexity index is 1060. The van der Waals surface area contributed by atoms with Gasteiger partial charge in [-0.05, 0) is 23.8 Å². The lowest BCUT2D eigenvalue weighted by molar-refractivity contribution is 0.0988. The van der Waals surface area contributed by atoms with Crippen molar-refractivity contribution in [2.75, 3.05) is 0 Å². The summed E-state index contributed by atoms with van der Waals surface area (Å²) in [6.45, 7) is 0. The van der Waals surface area contributed by atoms with Gasteiger partial charge in [0.1, 0.15) is 12.7 Å². The number of carbonyl (C=O) groups excluding carboxylic acids is 1. The number of thiophene rings is 1. The Kier molecular flexibility index (Phi) is 3.47. The summed E-state index contributed by atoms with van der Waals surface area (Å²) in [7, 11) is 0. The fraction of sp³-hybridized carbons (Fsp3) is 0. The Morgan fingerprint density at radius 2 is 2.00 bits per heavy atom. The zero-order chi connectivity index (χ0) is 16.7. The Balaban J connectivity index is 1.90. The molecule has 0 unspecified atom stereocenters. The smallest absolute Gasteiger partial charge is 0.287 e. The lowest BCUT2D eigenvalue weighted by Gasteiger charge is -2.03. The van der Waals surface area contributed by atoms with E-state index >= 15 is 0 Å². The quantitative estimate of drug-likeness (QED) is 0.608. The van der Waals surface area contributed by atoms with E-state index in [1.54, 1.807) is 0 Å². The van der Waals surface area contributed by atoms with E-state index in [2.05, 4.69) is 20.2 Å². The first-order chi connectivity index (χ1) is 11.6. The average Bonchev–Trinajstić information content (AvgIpc) is 3.22. The number of hydrogen-bond acceptors (Lipinski definition) is 6. The second-order valence-corrected chi connectivity index (χ2v) is 6.41. The largest absolute Gasteiger partial charge is 0.363 e. The molecule has 3 heterocycles. The van der Waals surface area contributed by atoms with Crippen molar-refractivity contribution in [3.05, 3.63) is 53.8 Å². The van der Waals surface area contributed by atoms with Gasteiger partial charge in [0.25, 0.3) is 5.91 Å². The summed E-state index contributed by atoms with van der Waals surface area (Å²) in [5.74, 6) is -0.130. The molecule has 0 spiro atoms. The molecule has 1 amide bonds. The second kappa shape index (κ2) is 5.66. The standard InChI is InChI=1S/C15H9ClN6OS/c16-9-3-1-8(2-4-9)11-5-10-12(24-11)14(19-6-18-10)22-7-20-21-15(22)13(17)23/h1-7H,(H2,17,23). The van der Waals surface area contributed by atoms with E-state index in [9.17, 15) is 4.79 Å². The average molecular weight is 357 g/mol. The first-order valence-corrected chi connectivity index (χ1v) is 8.03. The van der Waals surface area contributed by atoms with E-state index in [-0.39, 0.29) is 5.82 Å². The maximum absolute atomic E-state index is 11.5. The number of amides is 1. The second-order valence-electron chi connectivity index (χ2n) is 4.92. The minimum absolute atomic E-state index is 0.0245. The Morgan fingerprint density at radius 3 is 2.75 bits per heavy atom. The van der Waals surface area contributed by atoms with Gasteiger partial charge < -0.3 is 5.73 Å². The summed E-state index contributed by atoms with van der Waals surface area (Å²) in [6, 6.07) is 9.50. The van der Waals surface area contributed by atoms with Crippen molar-refractivity contribution in [1.29, 1.82) is 0 Å². The molecule has 2 N–H and O–H groups in total. The zero-order valence-electron chi connectivity index (χ0n) is 12.0. The number of fused-ring (bicyclic) bond motifs is 1. The predicted molar refractivity (Wildman–Crippen MR) is 91.3 cm³/mol. The fourth-order valence-corrected chi connectivity index (χ4v) is 3.56. The lowest BCUT2D eigenvalue weighted by Crippen LogP contribution is -2.17. The molecular formula is C15H9ClN6OS. The van der Waals surface area contributed by atoms with Crippen LogP contribution in [0.5, 0.6) is 0 Å². The van der Waals surface area contributed by atoms with Gasteiger partial charge in [0, 0.05) is 9.90 Å². The monoisotopic (exact) mass is 356 g/mol. The number of carbonyl (C=O) groups is 1. The van der Waals surface area contributed by atoms with Crippen LogP contribution in [0.25, 0.3) is 26.5 Å². The van der Waals surface area contributed by atoms with E-state index in [0.29, 0.717) is 10.8 Å². The van der Waals surface area contributed by atoms with Gasteiger partial charge in [-0.1, -0.05) is 23.7 Å². The van der Waals surface area contributed by atoms with Crippen LogP contribution in [0.3, 0.4) is 0 Å². The van der Waals surface area contributed by atoms with Crippen molar-refractivity contribution < 1.29 is 4.79 Å². The fourth-order valence-electron chi connectivity index (χ4n) is 2.33. The molecular weight excluding hydrogens is 348 g/mol. The summed E-state index contributed by atoms with van der Waals surface area (Å²) in [6.07, 6.45) is 2.84. The minimum Gasteiger partial charge on any atom is -0.363 e. The lowest BCUT2D eigenvalue weighted by atomic mass is 10.2. The van der Waals surface area contributed by atoms with Crippen molar-refractivity contribution in [3.63, 3.8) is 0 Å². The number of nitrogens with two attached hydrogens (primary N) is 1. The highest BCUT2D eigenvalue weighted by Crippen LogP contribution is 2.35. The highest BCUT2D eigenvalue weighted by molar-refractivity contribution is 7.22. The van der Waals surface area contributed by atoms with E-state index in [1.165, 1.54) is 28.6 Å². The number of primary amides is 1. The number of halogens is 1. The molecule has 0 radical (unpaired) electrons. The van der Waals surface area contributed by atoms with Crippen LogP contribution in [-0.2, 0) is 0 Å². The molecule has 0 aliphatic carbocycles. The van der Waals surface area contributed by atoms with E-state index in [1.807, 2.05) is 30.3 Å². The van der Waals surface area contributed by atoms with Gasteiger partial charge in [-0.2, -0.15) is 0 Å². The SMILES string of the molecule is NC(=O)c1nncn1-c1ncnc2cc(-c3ccc(Cl)cc3)sc12. The molecule has 0 aliphatic rings. The molecule has 3 aromatic heterocycles. The predicted octanol–water partition coefficient (Wildman–Crippen LogP) is 2.69. The van der Waals surface area contributed by atoms with Crippen molar-refractivity contribution in [1.82, 2.24) is 24.7 Å². The number of rotatable bonds is 3. The van der Waals surface area contributed by atoms with Gasteiger partial charge in [-0.15, -0.1) is 21.5 Å². The molecule has 4 aromatic rings. The van der Waals surface area contributed by atoms with E-state index in [0.717, 1.165) is 20.7 Å². The molecule has 7 nitrogen and oxygen atoms in total. The Hall–Kier alpha value is -2.84. The highest BCUT2D eigenvalue weighted by Gasteiger charge is 2.17. The third-order valence-electron chi connectivity index (χ3n) is 3.42. The van der Waals surface area contributed by atoms with Crippen LogP contribution in [0, 0.1) is 0 Å². The highest BCUT2D eigenvalue weighted by atomic mass is 35.5. The molecule has 0 saturated heterocycles. The van der Waals surface area contributed by atoms with Gasteiger partial charge in [0.05, 0.1) is 10.2 Å². The maximum atomic E-state index is 11.5. The summed E-state index contributed by atoms with van der Waals surface area (Å²) in [4.78, 5) is 21.1. The minimum atomic E-state index is -0.672.